The average molecular weight is 414 g/mol. The first-order valence-corrected chi connectivity index (χ1v) is 12.9. The Bertz CT molecular complexity index is 907. The van der Waals surface area contributed by atoms with Crippen molar-refractivity contribution in [2.24, 2.45) is 23.7 Å². The van der Waals surface area contributed by atoms with Crippen molar-refractivity contribution in [3.8, 4) is 0 Å². The molecular weight excluding hydrogens is 380 g/mol. The van der Waals surface area contributed by atoms with E-state index in [1.54, 1.807) is 5.56 Å². The molecule has 0 N–H and O–H groups in total. The van der Waals surface area contributed by atoms with Gasteiger partial charge in [-0.2, -0.15) is 0 Å². The van der Waals surface area contributed by atoms with Gasteiger partial charge in [0, 0.05) is 0 Å². The molecule has 3 aromatic carbocycles. The van der Waals surface area contributed by atoms with Crippen molar-refractivity contribution in [1.29, 1.82) is 0 Å². The molecule has 3 aromatic rings. The maximum atomic E-state index is 2.53. The van der Waals surface area contributed by atoms with Crippen LogP contribution in [0.4, 0.5) is 0 Å². The van der Waals surface area contributed by atoms with E-state index in [2.05, 4.69) is 98.8 Å². The van der Waals surface area contributed by atoms with E-state index in [1.165, 1.54) is 40.4 Å². The van der Waals surface area contributed by atoms with Crippen LogP contribution in [-0.4, -0.2) is 0 Å². The molecule has 0 radical (unpaired) electrons. The maximum Gasteiger partial charge on any atom is 0.166 e. The first kappa shape index (κ1) is 19.9. The predicted molar refractivity (Wildman–Crippen MR) is 128 cm³/mol. The second-order valence-corrected chi connectivity index (χ2v) is 11.5. The van der Waals surface area contributed by atoms with Gasteiger partial charge in [0.05, 0.1) is 10.9 Å². The first-order chi connectivity index (χ1) is 14.7. The van der Waals surface area contributed by atoms with Crippen LogP contribution in [-0.2, 0) is 10.9 Å². The van der Waals surface area contributed by atoms with Crippen LogP contribution in [0.1, 0.15) is 51.0 Å². The lowest BCUT2D eigenvalue weighted by Gasteiger charge is -2.42. The zero-order chi connectivity index (χ0) is 20.5. The van der Waals surface area contributed by atoms with Gasteiger partial charge >= 0.3 is 0 Å². The summed E-state index contributed by atoms with van der Waals surface area (Å²) in [5.74, 6) is 4.35. The Morgan fingerprint density at radius 3 is 1.77 bits per heavy atom. The van der Waals surface area contributed by atoms with Crippen molar-refractivity contribution < 1.29 is 0 Å². The molecule has 5 atom stereocenters. The largest absolute Gasteiger partial charge is 0.166 e. The first-order valence-electron chi connectivity index (χ1n) is 11.7. The minimum absolute atomic E-state index is 0.0479. The van der Waals surface area contributed by atoms with Crippen LogP contribution >= 0.6 is 0 Å². The van der Waals surface area contributed by atoms with Crippen LogP contribution in [0.5, 0.6) is 0 Å². The van der Waals surface area contributed by atoms with E-state index < -0.39 is 0 Å². The molecule has 0 spiro atoms. The summed E-state index contributed by atoms with van der Waals surface area (Å²) in [6.45, 7) is 5.05. The lowest BCUT2D eigenvalue weighted by Crippen LogP contribution is -2.33. The molecule has 0 bridgehead atoms. The highest BCUT2D eigenvalue weighted by molar-refractivity contribution is 7.97. The quantitative estimate of drug-likeness (QED) is 0.381. The summed E-state index contributed by atoms with van der Waals surface area (Å²) < 4.78 is 0. The summed E-state index contributed by atoms with van der Waals surface area (Å²) in [6, 6.07) is 31.7. The number of fused-ring (bicyclic) bond motifs is 1. The number of hydrogen-bond acceptors (Lipinski definition) is 0. The van der Waals surface area contributed by atoms with Crippen molar-refractivity contribution >= 4 is 10.9 Å². The van der Waals surface area contributed by atoms with Gasteiger partial charge in [-0.3, -0.25) is 0 Å². The van der Waals surface area contributed by atoms with E-state index in [4.69, 9.17) is 0 Å². The van der Waals surface area contributed by atoms with E-state index in [0.717, 1.165) is 29.6 Å². The van der Waals surface area contributed by atoms with E-state index in [0.29, 0.717) is 0 Å². The van der Waals surface area contributed by atoms with Crippen molar-refractivity contribution in [3.63, 3.8) is 0 Å². The van der Waals surface area contributed by atoms with Crippen molar-refractivity contribution in [3.05, 3.63) is 90.5 Å². The van der Waals surface area contributed by atoms with Gasteiger partial charge in [-0.25, -0.2) is 0 Å². The average Bonchev–Trinajstić information content (AvgIpc) is 3.30. The summed E-state index contributed by atoms with van der Waals surface area (Å²) >= 11 is 0. The summed E-state index contributed by atoms with van der Waals surface area (Å²) in [4.78, 5) is 4.21. The van der Waals surface area contributed by atoms with Crippen molar-refractivity contribution in [2.75, 3.05) is 0 Å². The van der Waals surface area contributed by atoms with E-state index in [1.807, 2.05) is 0 Å². The third kappa shape index (κ3) is 3.73. The summed E-state index contributed by atoms with van der Waals surface area (Å²) in [5, 5.41) is 0. The minimum atomic E-state index is -0.0479. The van der Waals surface area contributed by atoms with Crippen LogP contribution in [0.2, 0.25) is 0 Å². The van der Waals surface area contributed by atoms with Crippen molar-refractivity contribution in [2.45, 2.75) is 60.1 Å². The monoisotopic (exact) mass is 413 g/mol. The SMILES string of the molecule is CC1CC(c2ccc([S+](c3ccccc3)c3ccccc3)cc2)C(C)C2CCCC12. The van der Waals surface area contributed by atoms with Gasteiger partial charge in [-0.05, 0) is 90.8 Å². The second kappa shape index (κ2) is 8.63. The predicted octanol–water partition coefficient (Wildman–Crippen LogP) is 7.96. The topological polar surface area (TPSA) is 0 Å². The Morgan fingerprint density at radius 2 is 1.17 bits per heavy atom. The highest BCUT2D eigenvalue weighted by atomic mass is 32.2. The second-order valence-electron chi connectivity index (χ2n) is 9.44. The molecule has 0 aromatic heterocycles. The van der Waals surface area contributed by atoms with Gasteiger partial charge in [-0.15, -0.1) is 0 Å². The summed E-state index contributed by atoms with van der Waals surface area (Å²) in [7, 11) is -0.0479. The summed E-state index contributed by atoms with van der Waals surface area (Å²) in [6.07, 6.45) is 5.74. The third-order valence-corrected chi connectivity index (χ3v) is 10.0. The smallest absolute Gasteiger partial charge is 0.0622 e. The van der Waals surface area contributed by atoms with E-state index in [-0.39, 0.29) is 10.9 Å². The zero-order valence-corrected chi connectivity index (χ0v) is 19.0. The fourth-order valence-electron chi connectivity index (χ4n) is 6.28. The molecule has 0 saturated heterocycles. The lowest BCUT2D eigenvalue weighted by atomic mass is 9.62. The van der Waals surface area contributed by atoms with Crippen molar-refractivity contribution in [1.82, 2.24) is 0 Å². The van der Waals surface area contributed by atoms with E-state index >= 15 is 0 Å². The third-order valence-electron chi connectivity index (χ3n) is 7.79. The van der Waals surface area contributed by atoms with Crippen LogP contribution in [0.3, 0.4) is 0 Å². The molecule has 0 amide bonds. The zero-order valence-electron chi connectivity index (χ0n) is 18.2. The molecule has 2 fully saturated rings. The standard InChI is InChI=1S/C29H33S/c1-21-20-29(22(2)28-15-9-14-27(21)28)23-16-18-26(19-17-23)30(24-10-5-3-6-11-24)25-12-7-4-8-13-25/h3-8,10-13,16-19,21-22,27-29H,9,14-15,20H2,1-2H3/q+1. The Kier molecular flexibility index (Phi) is 5.74. The van der Waals surface area contributed by atoms with Crippen LogP contribution in [0, 0.1) is 23.7 Å². The highest BCUT2D eigenvalue weighted by Crippen LogP contribution is 2.53. The normalized spacial score (nSPS) is 28.4. The van der Waals surface area contributed by atoms with Gasteiger partial charge in [0.15, 0.2) is 14.7 Å². The highest BCUT2D eigenvalue weighted by Gasteiger charge is 2.43. The van der Waals surface area contributed by atoms with Crippen LogP contribution in [0.15, 0.2) is 99.6 Å². The Labute approximate surface area is 185 Å². The molecule has 2 saturated carbocycles. The number of benzene rings is 3. The lowest BCUT2D eigenvalue weighted by molar-refractivity contribution is 0.113. The Balaban J connectivity index is 1.46. The molecule has 0 aliphatic heterocycles. The molecule has 2 aliphatic rings. The van der Waals surface area contributed by atoms with E-state index in [9.17, 15) is 0 Å². The molecule has 0 nitrogen and oxygen atoms in total. The molecule has 2 aliphatic carbocycles. The van der Waals surface area contributed by atoms with Gasteiger partial charge in [0.1, 0.15) is 0 Å². The van der Waals surface area contributed by atoms with Gasteiger partial charge in [0.25, 0.3) is 0 Å². The molecule has 1 heteroatoms. The van der Waals surface area contributed by atoms with Crippen LogP contribution in [0.25, 0.3) is 0 Å². The maximum absolute atomic E-state index is 2.53. The molecule has 30 heavy (non-hydrogen) atoms. The minimum Gasteiger partial charge on any atom is -0.0622 e. The van der Waals surface area contributed by atoms with Gasteiger partial charge in [0.2, 0.25) is 0 Å². The number of hydrogen-bond donors (Lipinski definition) is 0. The summed E-state index contributed by atoms with van der Waals surface area (Å²) in [5.41, 5.74) is 1.56. The molecule has 5 unspecified atom stereocenters. The van der Waals surface area contributed by atoms with Gasteiger partial charge < -0.3 is 0 Å². The van der Waals surface area contributed by atoms with Crippen LogP contribution < -0.4 is 0 Å². The Morgan fingerprint density at radius 1 is 0.633 bits per heavy atom. The molecule has 154 valence electrons. The Hall–Kier alpha value is -1.99. The molecule has 5 rings (SSSR count). The molecular formula is C29H33S+. The fourth-order valence-corrected chi connectivity index (χ4v) is 8.36. The molecule has 0 heterocycles. The number of rotatable bonds is 4. The fraction of sp³-hybridized carbons (Fsp3) is 0.379. The van der Waals surface area contributed by atoms with Gasteiger partial charge in [-0.1, -0.05) is 68.8 Å².